The number of furan rings is 1. The molecule has 0 saturated heterocycles. The molecule has 5 heteroatoms. The number of aromatic hydroxyl groups is 1. The maximum Gasteiger partial charge on any atom is 0.274 e. The summed E-state index contributed by atoms with van der Waals surface area (Å²) in [6, 6.07) is 8.27. The molecular weight excluding hydrogens is 256 g/mol. The zero-order valence-corrected chi connectivity index (χ0v) is 11.6. The van der Waals surface area contributed by atoms with E-state index in [0.29, 0.717) is 22.8 Å². The summed E-state index contributed by atoms with van der Waals surface area (Å²) < 4.78 is 5.30. The molecule has 0 aliphatic heterocycles. The number of hydrazone groups is 1. The van der Waals surface area contributed by atoms with Gasteiger partial charge in [0, 0.05) is 0 Å². The predicted molar refractivity (Wildman–Crippen MR) is 76.0 cm³/mol. The Kier molecular flexibility index (Phi) is 3.89. The smallest absolute Gasteiger partial charge is 0.274 e. The Morgan fingerprint density at radius 1 is 1.25 bits per heavy atom. The lowest BCUT2D eigenvalue weighted by atomic mass is 10.1. The SMILES string of the molecule is C/C(=N\NC(=O)c1cc(C)oc1C)c1ccc(O)cc1. The Bertz CT molecular complexity index is 654. The summed E-state index contributed by atoms with van der Waals surface area (Å²) in [5.74, 6) is 1.14. The maximum absolute atomic E-state index is 12.0. The maximum atomic E-state index is 12.0. The third kappa shape index (κ3) is 3.06. The Hall–Kier alpha value is -2.56. The highest BCUT2D eigenvalue weighted by molar-refractivity contribution is 6.01. The lowest BCUT2D eigenvalue weighted by Gasteiger charge is -2.02. The highest BCUT2D eigenvalue weighted by Crippen LogP contribution is 2.13. The van der Waals surface area contributed by atoms with Crippen molar-refractivity contribution in [3.8, 4) is 5.75 Å². The molecule has 0 aliphatic carbocycles. The van der Waals surface area contributed by atoms with Crippen molar-refractivity contribution in [1.82, 2.24) is 5.43 Å². The number of nitrogens with zero attached hydrogens (tertiary/aromatic N) is 1. The molecule has 20 heavy (non-hydrogen) atoms. The quantitative estimate of drug-likeness (QED) is 0.666. The summed E-state index contributed by atoms with van der Waals surface area (Å²) >= 11 is 0. The lowest BCUT2D eigenvalue weighted by Crippen LogP contribution is -2.19. The van der Waals surface area contributed by atoms with Crippen LogP contribution >= 0.6 is 0 Å². The van der Waals surface area contributed by atoms with Gasteiger partial charge in [0.1, 0.15) is 17.3 Å². The number of carbonyl (C=O) groups excluding carboxylic acids is 1. The molecule has 104 valence electrons. The van der Waals surface area contributed by atoms with Crippen molar-refractivity contribution in [2.45, 2.75) is 20.8 Å². The van der Waals surface area contributed by atoms with Crippen molar-refractivity contribution in [1.29, 1.82) is 0 Å². The fourth-order valence-electron chi connectivity index (χ4n) is 1.82. The number of phenols is 1. The standard InChI is InChI=1S/C15H16N2O3/c1-9-8-14(11(3)20-9)15(19)17-16-10(2)12-4-6-13(18)7-5-12/h4-8,18H,1-3H3,(H,17,19)/b16-10+. The van der Waals surface area contributed by atoms with Crippen LogP contribution in [0.4, 0.5) is 0 Å². The van der Waals surface area contributed by atoms with Gasteiger partial charge in [-0.25, -0.2) is 5.43 Å². The summed E-state index contributed by atoms with van der Waals surface area (Å²) in [5, 5.41) is 13.3. The van der Waals surface area contributed by atoms with Crippen LogP contribution in [0.1, 0.15) is 34.4 Å². The average Bonchev–Trinajstić information content (AvgIpc) is 2.75. The van der Waals surface area contributed by atoms with Crippen LogP contribution < -0.4 is 5.43 Å². The molecule has 0 atom stereocenters. The van der Waals surface area contributed by atoms with Crippen LogP contribution in [-0.2, 0) is 0 Å². The van der Waals surface area contributed by atoms with Gasteiger partial charge in [-0.15, -0.1) is 0 Å². The van der Waals surface area contributed by atoms with Crippen LogP contribution in [0.15, 0.2) is 39.9 Å². The van der Waals surface area contributed by atoms with Crippen molar-refractivity contribution >= 4 is 11.6 Å². The highest BCUT2D eigenvalue weighted by Gasteiger charge is 2.12. The van der Waals surface area contributed by atoms with Gasteiger partial charge in [0.05, 0.1) is 11.3 Å². The summed E-state index contributed by atoms with van der Waals surface area (Å²) in [6.45, 7) is 5.30. The number of hydrogen-bond acceptors (Lipinski definition) is 4. The summed E-state index contributed by atoms with van der Waals surface area (Å²) in [6.07, 6.45) is 0. The van der Waals surface area contributed by atoms with Gasteiger partial charge in [-0.3, -0.25) is 4.79 Å². The second-order valence-electron chi connectivity index (χ2n) is 4.51. The molecule has 2 N–H and O–H groups in total. The fraction of sp³-hybridized carbons (Fsp3) is 0.200. The van der Waals surface area contributed by atoms with Crippen molar-refractivity contribution < 1.29 is 14.3 Å². The van der Waals surface area contributed by atoms with Crippen molar-refractivity contribution in [2.24, 2.45) is 5.10 Å². The summed E-state index contributed by atoms with van der Waals surface area (Å²) in [5.41, 5.74) is 4.44. The summed E-state index contributed by atoms with van der Waals surface area (Å²) in [4.78, 5) is 12.0. The Morgan fingerprint density at radius 2 is 1.90 bits per heavy atom. The number of amides is 1. The van der Waals surface area contributed by atoms with Crippen LogP contribution in [0.2, 0.25) is 0 Å². The van der Waals surface area contributed by atoms with E-state index in [4.69, 9.17) is 4.42 Å². The molecule has 0 radical (unpaired) electrons. The van der Waals surface area contributed by atoms with Crippen LogP contribution in [0.25, 0.3) is 0 Å². The van der Waals surface area contributed by atoms with E-state index >= 15 is 0 Å². The first kappa shape index (κ1) is 13.9. The minimum Gasteiger partial charge on any atom is -0.508 e. The van der Waals surface area contributed by atoms with Crippen LogP contribution in [-0.4, -0.2) is 16.7 Å². The minimum atomic E-state index is -0.308. The first-order valence-corrected chi connectivity index (χ1v) is 6.18. The van der Waals surface area contributed by atoms with Crippen molar-refractivity contribution in [2.75, 3.05) is 0 Å². The predicted octanol–water partition coefficient (Wildman–Crippen LogP) is 2.76. The van der Waals surface area contributed by atoms with E-state index < -0.39 is 0 Å². The monoisotopic (exact) mass is 272 g/mol. The fourth-order valence-corrected chi connectivity index (χ4v) is 1.82. The zero-order chi connectivity index (χ0) is 14.7. The number of nitrogens with one attached hydrogen (secondary N) is 1. The van der Waals surface area contributed by atoms with E-state index in [-0.39, 0.29) is 11.7 Å². The number of phenolic OH excluding ortho intramolecular Hbond substituents is 1. The molecule has 1 aromatic heterocycles. The number of benzene rings is 1. The van der Waals surface area contributed by atoms with Crippen LogP contribution in [0.5, 0.6) is 5.75 Å². The largest absolute Gasteiger partial charge is 0.508 e. The Labute approximate surface area is 116 Å². The zero-order valence-electron chi connectivity index (χ0n) is 11.6. The van der Waals surface area contributed by atoms with Gasteiger partial charge in [0.15, 0.2) is 0 Å². The number of rotatable bonds is 3. The minimum absolute atomic E-state index is 0.190. The van der Waals surface area contributed by atoms with Gasteiger partial charge in [-0.2, -0.15) is 5.10 Å². The molecule has 1 amide bonds. The van der Waals surface area contributed by atoms with Gasteiger partial charge in [-0.1, -0.05) is 0 Å². The molecule has 5 nitrogen and oxygen atoms in total. The van der Waals surface area contributed by atoms with E-state index in [1.54, 1.807) is 51.1 Å². The molecule has 0 unspecified atom stereocenters. The Morgan fingerprint density at radius 3 is 2.45 bits per heavy atom. The molecule has 0 saturated carbocycles. The van der Waals surface area contributed by atoms with Crippen molar-refractivity contribution in [3.63, 3.8) is 0 Å². The highest BCUT2D eigenvalue weighted by atomic mass is 16.3. The van der Waals surface area contributed by atoms with Gasteiger partial charge >= 0.3 is 0 Å². The number of aryl methyl sites for hydroxylation is 2. The van der Waals surface area contributed by atoms with Gasteiger partial charge in [-0.05, 0) is 56.7 Å². The van der Waals surface area contributed by atoms with E-state index in [9.17, 15) is 9.90 Å². The second-order valence-corrected chi connectivity index (χ2v) is 4.51. The summed E-state index contributed by atoms with van der Waals surface area (Å²) in [7, 11) is 0. The average molecular weight is 272 g/mol. The third-order valence-corrected chi connectivity index (χ3v) is 2.90. The number of hydrogen-bond donors (Lipinski definition) is 2. The molecule has 0 fully saturated rings. The van der Waals surface area contributed by atoms with E-state index in [0.717, 1.165) is 5.56 Å². The van der Waals surface area contributed by atoms with Crippen molar-refractivity contribution in [3.05, 3.63) is 53.0 Å². The van der Waals surface area contributed by atoms with E-state index in [1.165, 1.54) is 0 Å². The molecule has 1 aromatic carbocycles. The molecule has 2 aromatic rings. The van der Waals surface area contributed by atoms with Gasteiger partial charge < -0.3 is 9.52 Å². The third-order valence-electron chi connectivity index (χ3n) is 2.90. The first-order valence-electron chi connectivity index (χ1n) is 6.18. The molecule has 0 aliphatic rings. The Balaban J connectivity index is 2.10. The first-order chi connectivity index (χ1) is 9.47. The second kappa shape index (κ2) is 5.61. The van der Waals surface area contributed by atoms with Crippen LogP contribution in [0, 0.1) is 13.8 Å². The molecule has 1 heterocycles. The molecule has 2 rings (SSSR count). The van der Waals surface area contributed by atoms with E-state index in [1.807, 2.05) is 0 Å². The molecular formula is C15H16N2O3. The lowest BCUT2D eigenvalue weighted by molar-refractivity contribution is 0.0953. The normalized spacial score (nSPS) is 11.4. The van der Waals surface area contributed by atoms with Gasteiger partial charge in [0.2, 0.25) is 0 Å². The molecule has 0 spiro atoms. The number of carbonyl (C=O) groups is 1. The van der Waals surface area contributed by atoms with Crippen LogP contribution in [0.3, 0.4) is 0 Å². The topological polar surface area (TPSA) is 74.8 Å². The molecule has 0 bridgehead atoms. The van der Waals surface area contributed by atoms with Gasteiger partial charge in [0.25, 0.3) is 5.91 Å². The van der Waals surface area contributed by atoms with E-state index in [2.05, 4.69) is 10.5 Å².